The van der Waals surface area contributed by atoms with Gasteiger partial charge in [0.2, 0.25) is 11.7 Å². The second kappa shape index (κ2) is 8.95. The molecule has 3 aliphatic rings. The van der Waals surface area contributed by atoms with Crippen molar-refractivity contribution in [3.8, 4) is 0 Å². The third-order valence-corrected chi connectivity index (χ3v) is 8.30. The molecule has 1 aromatic heterocycles. The quantitative estimate of drug-likeness (QED) is 0.622. The van der Waals surface area contributed by atoms with Gasteiger partial charge < -0.3 is 14.8 Å². The highest BCUT2D eigenvalue weighted by Crippen LogP contribution is 2.46. The van der Waals surface area contributed by atoms with E-state index in [9.17, 15) is 9.59 Å². The molecule has 35 heavy (non-hydrogen) atoms. The van der Waals surface area contributed by atoms with Gasteiger partial charge >= 0.3 is 0 Å². The first-order valence-corrected chi connectivity index (χ1v) is 12.8. The maximum absolute atomic E-state index is 13.6. The molecule has 1 saturated carbocycles. The molecule has 0 unspecified atom stereocenters. The van der Waals surface area contributed by atoms with E-state index in [1.54, 1.807) is 0 Å². The summed E-state index contributed by atoms with van der Waals surface area (Å²) in [4.78, 5) is 28.8. The Morgan fingerprint density at radius 1 is 0.971 bits per heavy atom. The summed E-state index contributed by atoms with van der Waals surface area (Å²) in [7, 11) is 0. The van der Waals surface area contributed by atoms with Crippen LogP contribution in [-0.2, 0) is 29.6 Å². The van der Waals surface area contributed by atoms with Crippen LogP contribution in [0.4, 0.5) is 0 Å². The molecule has 2 aromatic carbocycles. The molecule has 1 saturated heterocycles. The topological polar surface area (TPSA) is 80.1 Å². The van der Waals surface area contributed by atoms with Crippen molar-refractivity contribution in [2.75, 3.05) is 6.54 Å². The number of likely N-dealkylation sites (tertiary alicyclic amines) is 1. The van der Waals surface area contributed by atoms with E-state index < -0.39 is 0 Å². The van der Waals surface area contributed by atoms with Crippen LogP contribution in [0.25, 0.3) is 0 Å². The maximum Gasteiger partial charge on any atom is 0.289 e. The lowest BCUT2D eigenvalue weighted by atomic mass is 9.71. The molecular formula is C28H31N5O2. The Hall–Kier alpha value is -3.48. The number of rotatable bonds is 5. The molecule has 0 radical (unpaired) electrons. The Morgan fingerprint density at radius 3 is 2.43 bits per heavy atom. The largest absolute Gasteiger partial charge is 0.347 e. The van der Waals surface area contributed by atoms with Crippen LogP contribution in [0.2, 0.25) is 0 Å². The van der Waals surface area contributed by atoms with Gasteiger partial charge in [0.1, 0.15) is 5.82 Å². The van der Waals surface area contributed by atoms with Crippen LogP contribution in [-0.4, -0.2) is 50.1 Å². The summed E-state index contributed by atoms with van der Waals surface area (Å²) in [6.45, 7) is 1.25. The second-order valence-electron chi connectivity index (χ2n) is 10.2. The molecule has 1 N–H and O–H groups in total. The summed E-state index contributed by atoms with van der Waals surface area (Å²) in [5, 5.41) is 11.8. The van der Waals surface area contributed by atoms with Crippen LogP contribution in [0, 0.1) is 0 Å². The molecule has 0 spiro atoms. The molecule has 3 heterocycles. The molecule has 2 aliphatic heterocycles. The van der Waals surface area contributed by atoms with Crippen molar-refractivity contribution in [2.45, 2.75) is 69.0 Å². The van der Waals surface area contributed by atoms with Crippen LogP contribution >= 0.6 is 0 Å². The second-order valence-corrected chi connectivity index (χ2v) is 10.2. The predicted molar refractivity (Wildman–Crippen MR) is 132 cm³/mol. The first kappa shape index (κ1) is 22.0. The number of nitrogens with zero attached hydrogens (tertiary/aromatic N) is 4. The standard InChI is InChI=1S/C28H31N5O2/c34-25(18-20-8-3-1-4-9-20)32-17-16-28(21-10-5-2-6-11-21)15-14-24-30-31-26(33(24)19-23(28)32)27(35)29-22-12-7-13-22/h1-6,8-11,22-23H,7,12-19H2,(H,29,35)/t23-,28-/m0/s1. The van der Waals surface area contributed by atoms with E-state index in [2.05, 4.69) is 44.7 Å². The van der Waals surface area contributed by atoms with Crippen molar-refractivity contribution < 1.29 is 9.59 Å². The van der Waals surface area contributed by atoms with Gasteiger partial charge in [0.15, 0.2) is 0 Å². The minimum absolute atomic E-state index is 0.0615. The van der Waals surface area contributed by atoms with E-state index in [1.165, 1.54) is 5.56 Å². The zero-order valence-electron chi connectivity index (χ0n) is 19.9. The lowest BCUT2D eigenvalue weighted by molar-refractivity contribution is -0.132. The highest BCUT2D eigenvalue weighted by atomic mass is 16.2. The zero-order valence-corrected chi connectivity index (χ0v) is 19.9. The SMILES string of the molecule is O=C(NC1CCC1)c1nnc2n1C[C@@H]1N(C(=O)Cc3ccccc3)CC[C@]1(c1ccccc1)CC2. The Balaban J connectivity index is 1.35. The first-order chi connectivity index (χ1) is 17.1. The van der Waals surface area contributed by atoms with Gasteiger partial charge in [0.05, 0.1) is 12.5 Å². The number of nitrogens with one attached hydrogen (secondary N) is 1. The van der Waals surface area contributed by atoms with Gasteiger partial charge in [-0.05, 0) is 43.2 Å². The van der Waals surface area contributed by atoms with Gasteiger partial charge in [-0.1, -0.05) is 60.7 Å². The summed E-state index contributed by atoms with van der Waals surface area (Å²) in [6.07, 6.45) is 6.09. The van der Waals surface area contributed by atoms with E-state index in [0.717, 1.165) is 49.9 Å². The number of amides is 2. The number of fused-ring (bicyclic) bond motifs is 2. The number of hydrogen-bond donors (Lipinski definition) is 1. The molecule has 180 valence electrons. The molecule has 7 nitrogen and oxygen atoms in total. The van der Waals surface area contributed by atoms with Crippen LogP contribution in [0.1, 0.15) is 59.7 Å². The third-order valence-electron chi connectivity index (χ3n) is 8.30. The minimum Gasteiger partial charge on any atom is -0.347 e. The lowest BCUT2D eigenvalue weighted by Crippen LogP contribution is -2.48. The summed E-state index contributed by atoms with van der Waals surface area (Å²) in [5.41, 5.74) is 2.11. The fraction of sp³-hybridized carbons (Fsp3) is 0.429. The van der Waals surface area contributed by atoms with E-state index in [1.807, 2.05) is 41.0 Å². The Bertz CT molecular complexity index is 1220. The van der Waals surface area contributed by atoms with Gasteiger partial charge in [-0.3, -0.25) is 9.59 Å². The van der Waals surface area contributed by atoms with Crippen LogP contribution in [0.15, 0.2) is 60.7 Å². The van der Waals surface area contributed by atoms with Gasteiger partial charge in [0.25, 0.3) is 5.91 Å². The molecule has 2 atom stereocenters. The molecule has 7 heteroatoms. The van der Waals surface area contributed by atoms with Crippen molar-refractivity contribution in [2.24, 2.45) is 0 Å². The van der Waals surface area contributed by atoms with Gasteiger partial charge in [-0.2, -0.15) is 0 Å². The smallest absolute Gasteiger partial charge is 0.289 e. The maximum atomic E-state index is 13.6. The monoisotopic (exact) mass is 469 g/mol. The Kier molecular flexibility index (Phi) is 5.63. The average molecular weight is 470 g/mol. The van der Waals surface area contributed by atoms with Crippen LogP contribution in [0.5, 0.6) is 0 Å². The zero-order chi connectivity index (χ0) is 23.8. The van der Waals surface area contributed by atoms with Gasteiger partial charge in [-0.25, -0.2) is 0 Å². The number of aryl methyl sites for hydroxylation is 1. The predicted octanol–water partition coefficient (Wildman–Crippen LogP) is 3.29. The normalized spacial score (nSPS) is 23.7. The van der Waals surface area contributed by atoms with E-state index in [0.29, 0.717) is 25.3 Å². The Morgan fingerprint density at radius 2 is 1.71 bits per heavy atom. The van der Waals surface area contributed by atoms with Crippen molar-refractivity contribution in [1.29, 1.82) is 0 Å². The molecule has 2 amide bonds. The molecular weight excluding hydrogens is 438 g/mol. The van der Waals surface area contributed by atoms with E-state index in [-0.39, 0.29) is 29.3 Å². The summed E-state index contributed by atoms with van der Waals surface area (Å²) in [6, 6.07) is 20.7. The summed E-state index contributed by atoms with van der Waals surface area (Å²) in [5.74, 6) is 1.19. The fourth-order valence-electron chi connectivity index (χ4n) is 6.12. The van der Waals surface area contributed by atoms with Crippen molar-refractivity contribution >= 4 is 11.8 Å². The number of carbonyl (C=O) groups is 2. The van der Waals surface area contributed by atoms with E-state index in [4.69, 9.17) is 0 Å². The van der Waals surface area contributed by atoms with Gasteiger partial charge in [0, 0.05) is 31.0 Å². The average Bonchev–Trinajstić information content (AvgIpc) is 3.40. The fourth-order valence-corrected chi connectivity index (χ4v) is 6.12. The first-order valence-electron chi connectivity index (χ1n) is 12.8. The highest BCUT2D eigenvalue weighted by molar-refractivity contribution is 5.91. The summed E-state index contributed by atoms with van der Waals surface area (Å²) >= 11 is 0. The Labute approximate surface area is 205 Å². The number of hydrogen-bond acceptors (Lipinski definition) is 4. The molecule has 2 fully saturated rings. The highest BCUT2D eigenvalue weighted by Gasteiger charge is 2.51. The molecule has 6 rings (SSSR count). The number of carbonyl (C=O) groups excluding carboxylic acids is 2. The van der Waals surface area contributed by atoms with E-state index >= 15 is 0 Å². The third kappa shape index (κ3) is 3.93. The number of benzene rings is 2. The number of aromatic nitrogens is 3. The molecule has 0 bridgehead atoms. The van der Waals surface area contributed by atoms with Gasteiger partial charge in [-0.15, -0.1) is 10.2 Å². The molecule has 1 aliphatic carbocycles. The summed E-state index contributed by atoms with van der Waals surface area (Å²) < 4.78 is 1.98. The van der Waals surface area contributed by atoms with Crippen molar-refractivity contribution in [3.05, 3.63) is 83.4 Å². The van der Waals surface area contributed by atoms with Crippen molar-refractivity contribution in [3.63, 3.8) is 0 Å². The van der Waals surface area contributed by atoms with Crippen LogP contribution < -0.4 is 5.32 Å². The van der Waals surface area contributed by atoms with Crippen LogP contribution in [0.3, 0.4) is 0 Å². The minimum atomic E-state index is -0.171. The molecule has 3 aromatic rings. The lowest BCUT2D eigenvalue weighted by Gasteiger charge is -2.37. The van der Waals surface area contributed by atoms with Crippen molar-refractivity contribution in [1.82, 2.24) is 25.0 Å².